The average Bonchev–Trinajstić information content (AvgIpc) is 3.42. The van der Waals surface area contributed by atoms with Gasteiger partial charge >= 0.3 is 0 Å². The van der Waals surface area contributed by atoms with E-state index in [0.717, 1.165) is 34.9 Å². The fraction of sp³-hybridized carbons (Fsp3) is 0.316. The molecule has 26 heavy (non-hydrogen) atoms. The van der Waals surface area contributed by atoms with Crippen molar-refractivity contribution in [2.45, 2.75) is 38.8 Å². The highest BCUT2D eigenvalue weighted by molar-refractivity contribution is 6.32. The molecule has 2 heterocycles. The summed E-state index contributed by atoms with van der Waals surface area (Å²) >= 11 is 6.18. The lowest BCUT2D eigenvalue weighted by Gasteiger charge is -2.22. The summed E-state index contributed by atoms with van der Waals surface area (Å²) in [5.41, 5.74) is 7.66. The van der Waals surface area contributed by atoms with Gasteiger partial charge in [0.2, 0.25) is 5.95 Å². The molecule has 134 valence electrons. The lowest BCUT2D eigenvalue weighted by molar-refractivity contribution is 0.636. The lowest BCUT2D eigenvalue weighted by Crippen LogP contribution is -2.26. The zero-order valence-corrected chi connectivity index (χ0v) is 15.4. The van der Waals surface area contributed by atoms with Gasteiger partial charge in [-0.1, -0.05) is 29.8 Å². The number of fused-ring (bicyclic) bond motifs is 1. The topological polar surface area (TPSA) is 85.8 Å². The highest BCUT2D eigenvalue weighted by atomic mass is 35.5. The minimum Gasteiger partial charge on any atom is -0.368 e. The van der Waals surface area contributed by atoms with Gasteiger partial charge in [0.15, 0.2) is 5.82 Å². The number of rotatable bonds is 4. The van der Waals surface area contributed by atoms with Crippen LogP contribution in [0.15, 0.2) is 35.3 Å². The fourth-order valence-corrected chi connectivity index (χ4v) is 3.52. The van der Waals surface area contributed by atoms with Crippen molar-refractivity contribution in [2.75, 3.05) is 11.1 Å². The van der Waals surface area contributed by atoms with Gasteiger partial charge in [-0.05, 0) is 43.7 Å². The number of aryl methyl sites for hydroxylation is 1. The maximum atomic E-state index is 13.2. The maximum absolute atomic E-state index is 13.2. The monoisotopic (exact) mass is 369 g/mol. The summed E-state index contributed by atoms with van der Waals surface area (Å²) in [5, 5.41) is 5.41. The number of nitrogen functional groups attached to an aromatic ring is 1. The van der Waals surface area contributed by atoms with E-state index in [9.17, 15) is 4.79 Å². The third kappa shape index (κ3) is 2.90. The standard InChI is InChI=1S/C19H20ClN5O/c1-10-4-3-5-12-8-15(25(13-6-7-13)18(26)16(10)12)11(2)23-17-14(20)9-22-19(21)24-17/h3-5,8-9,11,13H,6-7H2,1-2H3,(H3,21,22,23,24). The molecule has 1 unspecified atom stereocenters. The summed E-state index contributed by atoms with van der Waals surface area (Å²) in [6, 6.07) is 8.11. The number of anilines is 2. The van der Waals surface area contributed by atoms with E-state index in [-0.39, 0.29) is 23.6 Å². The van der Waals surface area contributed by atoms with Crippen LogP contribution in [0.3, 0.4) is 0 Å². The highest BCUT2D eigenvalue weighted by Crippen LogP contribution is 2.37. The Morgan fingerprint density at radius 3 is 2.88 bits per heavy atom. The predicted molar refractivity (Wildman–Crippen MR) is 105 cm³/mol. The summed E-state index contributed by atoms with van der Waals surface area (Å²) in [4.78, 5) is 21.2. The molecule has 1 aromatic carbocycles. The van der Waals surface area contributed by atoms with Crippen LogP contribution in [0.2, 0.25) is 5.02 Å². The first-order valence-corrected chi connectivity index (χ1v) is 9.03. The van der Waals surface area contributed by atoms with Crippen LogP contribution >= 0.6 is 11.6 Å². The molecule has 0 amide bonds. The lowest BCUT2D eigenvalue weighted by atomic mass is 10.0. The molecule has 1 atom stereocenters. The van der Waals surface area contributed by atoms with Crippen molar-refractivity contribution in [3.63, 3.8) is 0 Å². The van der Waals surface area contributed by atoms with E-state index in [4.69, 9.17) is 17.3 Å². The van der Waals surface area contributed by atoms with Gasteiger partial charge in [0.25, 0.3) is 5.56 Å². The molecule has 3 aromatic rings. The van der Waals surface area contributed by atoms with Crippen molar-refractivity contribution in [3.8, 4) is 0 Å². The predicted octanol–water partition coefficient (Wildman–Crippen LogP) is 3.84. The van der Waals surface area contributed by atoms with E-state index >= 15 is 0 Å². The average molecular weight is 370 g/mol. The summed E-state index contributed by atoms with van der Waals surface area (Å²) in [6.45, 7) is 3.97. The van der Waals surface area contributed by atoms with E-state index in [0.29, 0.717) is 10.8 Å². The Bertz CT molecular complexity index is 1060. The second-order valence-electron chi connectivity index (χ2n) is 6.81. The number of benzene rings is 1. The summed E-state index contributed by atoms with van der Waals surface area (Å²) < 4.78 is 1.92. The third-order valence-electron chi connectivity index (χ3n) is 4.79. The number of nitrogens with one attached hydrogen (secondary N) is 1. The van der Waals surface area contributed by atoms with Crippen LogP contribution in [0.5, 0.6) is 0 Å². The van der Waals surface area contributed by atoms with Crippen LogP contribution in [-0.4, -0.2) is 14.5 Å². The minimum absolute atomic E-state index is 0.0695. The van der Waals surface area contributed by atoms with E-state index in [1.165, 1.54) is 6.20 Å². The van der Waals surface area contributed by atoms with Crippen molar-refractivity contribution >= 4 is 34.1 Å². The van der Waals surface area contributed by atoms with Crippen LogP contribution in [0.4, 0.5) is 11.8 Å². The zero-order valence-electron chi connectivity index (χ0n) is 14.7. The van der Waals surface area contributed by atoms with Crippen LogP contribution < -0.4 is 16.6 Å². The maximum Gasteiger partial charge on any atom is 0.259 e. The number of nitrogens with two attached hydrogens (primary N) is 1. The number of halogens is 1. The first-order valence-electron chi connectivity index (χ1n) is 8.65. The third-order valence-corrected chi connectivity index (χ3v) is 5.07. The van der Waals surface area contributed by atoms with E-state index in [1.807, 2.05) is 36.6 Å². The Morgan fingerprint density at radius 2 is 2.15 bits per heavy atom. The number of pyridine rings is 1. The van der Waals surface area contributed by atoms with E-state index in [1.54, 1.807) is 0 Å². The summed E-state index contributed by atoms with van der Waals surface area (Å²) in [6.07, 6.45) is 3.52. The summed E-state index contributed by atoms with van der Waals surface area (Å²) in [7, 11) is 0. The molecule has 6 nitrogen and oxygen atoms in total. The molecule has 3 N–H and O–H groups in total. The van der Waals surface area contributed by atoms with Gasteiger partial charge in [-0.25, -0.2) is 4.98 Å². The molecule has 1 fully saturated rings. The van der Waals surface area contributed by atoms with Crippen LogP contribution in [0.25, 0.3) is 10.8 Å². The Hall–Kier alpha value is -2.60. The molecule has 0 aliphatic heterocycles. The summed E-state index contributed by atoms with van der Waals surface area (Å²) in [5.74, 6) is 0.614. The molecule has 7 heteroatoms. The second-order valence-corrected chi connectivity index (χ2v) is 7.21. The van der Waals surface area contributed by atoms with Crippen molar-refractivity contribution in [3.05, 3.63) is 57.1 Å². The van der Waals surface area contributed by atoms with Crippen LogP contribution in [-0.2, 0) is 0 Å². The molecule has 1 aliphatic rings. The largest absolute Gasteiger partial charge is 0.368 e. The van der Waals surface area contributed by atoms with Crippen molar-refractivity contribution in [1.29, 1.82) is 0 Å². The van der Waals surface area contributed by atoms with Crippen molar-refractivity contribution in [1.82, 2.24) is 14.5 Å². The Kier molecular flexibility index (Phi) is 4.07. The van der Waals surface area contributed by atoms with Gasteiger partial charge < -0.3 is 15.6 Å². The highest BCUT2D eigenvalue weighted by Gasteiger charge is 2.29. The molecule has 1 aliphatic carbocycles. The van der Waals surface area contributed by atoms with Gasteiger partial charge in [0, 0.05) is 11.7 Å². The first kappa shape index (κ1) is 16.8. The Morgan fingerprint density at radius 1 is 1.38 bits per heavy atom. The van der Waals surface area contributed by atoms with E-state index < -0.39 is 0 Å². The van der Waals surface area contributed by atoms with Gasteiger partial charge in [-0.2, -0.15) is 4.98 Å². The number of hydrogen-bond acceptors (Lipinski definition) is 5. The van der Waals surface area contributed by atoms with Gasteiger partial charge in [0.05, 0.1) is 17.6 Å². The van der Waals surface area contributed by atoms with Crippen molar-refractivity contribution in [2.24, 2.45) is 0 Å². The minimum atomic E-state index is -0.167. The van der Waals surface area contributed by atoms with Crippen LogP contribution in [0.1, 0.15) is 43.1 Å². The normalized spacial score (nSPS) is 15.2. The molecule has 0 radical (unpaired) electrons. The Balaban J connectivity index is 1.84. The fourth-order valence-electron chi connectivity index (χ4n) is 3.37. The molecule has 0 spiro atoms. The quantitative estimate of drug-likeness (QED) is 0.729. The zero-order chi connectivity index (χ0) is 18.4. The molecule has 4 rings (SSSR count). The SMILES string of the molecule is Cc1cccc2cc(C(C)Nc3nc(N)ncc3Cl)n(C3CC3)c(=O)c12. The first-order chi connectivity index (χ1) is 12.5. The molecule has 0 saturated heterocycles. The smallest absolute Gasteiger partial charge is 0.259 e. The number of nitrogens with zero attached hydrogens (tertiary/aromatic N) is 3. The number of aromatic nitrogens is 3. The number of hydrogen-bond donors (Lipinski definition) is 2. The molecular weight excluding hydrogens is 350 g/mol. The van der Waals surface area contributed by atoms with Gasteiger partial charge in [-0.3, -0.25) is 4.79 Å². The molecule has 0 bridgehead atoms. The second kappa shape index (κ2) is 6.29. The van der Waals surface area contributed by atoms with E-state index in [2.05, 4.69) is 21.4 Å². The van der Waals surface area contributed by atoms with Crippen molar-refractivity contribution < 1.29 is 0 Å². The van der Waals surface area contributed by atoms with Gasteiger partial charge in [-0.15, -0.1) is 0 Å². The van der Waals surface area contributed by atoms with Gasteiger partial charge in [0.1, 0.15) is 5.02 Å². The molecular formula is C19H20ClN5O. The Labute approximate surface area is 156 Å². The molecule has 2 aromatic heterocycles. The van der Waals surface area contributed by atoms with Crippen LogP contribution in [0, 0.1) is 6.92 Å². The molecule has 1 saturated carbocycles.